The van der Waals surface area contributed by atoms with Crippen LogP contribution in [-0.2, 0) is 23.8 Å². The van der Waals surface area contributed by atoms with Crippen molar-refractivity contribution in [3.8, 4) is 0 Å². The minimum Gasteiger partial charge on any atom is -0.462 e. The Kier molecular flexibility index (Phi) is 8.03. The average Bonchev–Trinajstić information content (AvgIpc) is 2.56. The van der Waals surface area contributed by atoms with E-state index in [9.17, 15) is 14.7 Å². The van der Waals surface area contributed by atoms with Gasteiger partial charge in [0, 0.05) is 0 Å². The number of ether oxygens (including phenoxy) is 3. The van der Waals surface area contributed by atoms with Crippen molar-refractivity contribution in [2.24, 2.45) is 5.73 Å². The molecule has 0 saturated carbocycles. The first-order valence-corrected chi connectivity index (χ1v) is 9.04. The molecule has 0 heterocycles. The summed E-state index contributed by atoms with van der Waals surface area (Å²) >= 11 is 0. The Bertz CT molecular complexity index is 581. The van der Waals surface area contributed by atoms with Gasteiger partial charge in [0.25, 0.3) is 0 Å². The molecule has 0 saturated heterocycles. The van der Waals surface area contributed by atoms with E-state index in [2.05, 4.69) is 0 Å². The first-order valence-electron chi connectivity index (χ1n) is 9.04. The lowest BCUT2D eigenvalue weighted by Gasteiger charge is -2.40. The molecule has 0 spiro atoms. The predicted molar refractivity (Wildman–Crippen MR) is 96.9 cm³/mol. The maximum atomic E-state index is 12.4. The first kappa shape index (κ1) is 22.4. The summed E-state index contributed by atoms with van der Waals surface area (Å²) in [6, 6.07) is 0. The van der Waals surface area contributed by atoms with E-state index in [1.165, 1.54) is 0 Å². The Morgan fingerprint density at radius 2 is 1.81 bits per heavy atom. The zero-order chi connectivity index (χ0) is 20.1. The molecule has 0 radical (unpaired) electrons. The van der Waals surface area contributed by atoms with Crippen LogP contribution in [-0.4, -0.2) is 53.6 Å². The summed E-state index contributed by atoms with van der Waals surface area (Å²) in [5.74, 6) is 0.962. The summed E-state index contributed by atoms with van der Waals surface area (Å²) in [6.45, 7) is 11.0. The number of esters is 1. The van der Waals surface area contributed by atoms with Crippen LogP contribution < -0.4 is 5.73 Å². The Balaban J connectivity index is 3.46. The van der Waals surface area contributed by atoms with E-state index in [1.807, 2.05) is 13.8 Å². The number of rotatable bonds is 7. The number of carbonyl (C=O) groups excluding carboxylic acids is 2. The van der Waals surface area contributed by atoms with Gasteiger partial charge in [0.15, 0.2) is 0 Å². The highest BCUT2D eigenvalue weighted by atomic mass is 16.5. The molecule has 3 N–H and O–H groups in total. The van der Waals surface area contributed by atoms with E-state index in [0.29, 0.717) is 12.8 Å². The lowest BCUT2D eigenvalue weighted by Crippen LogP contribution is -2.53. The third kappa shape index (κ3) is 5.17. The van der Waals surface area contributed by atoms with Crippen LogP contribution in [0, 0.1) is 0 Å². The van der Waals surface area contributed by atoms with Gasteiger partial charge in [-0.15, -0.1) is 0 Å². The number of hydrogen-bond donors (Lipinski definition) is 2. The topological polar surface area (TPSA) is 108 Å². The lowest BCUT2D eigenvalue weighted by atomic mass is 9.84. The second-order valence-electron chi connectivity index (χ2n) is 7.20. The fourth-order valence-electron chi connectivity index (χ4n) is 2.85. The van der Waals surface area contributed by atoms with Gasteiger partial charge in [0.2, 0.25) is 0 Å². The minimum absolute atomic E-state index is 0.0324. The molecule has 1 aliphatic rings. The second-order valence-corrected chi connectivity index (χ2v) is 7.20. The van der Waals surface area contributed by atoms with E-state index < -0.39 is 29.9 Å². The molecule has 26 heavy (non-hydrogen) atoms. The maximum absolute atomic E-state index is 12.4. The molecule has 7 heteroatoms. The fourth-order valence-corrected chi connectivity index (χ4v) is 2.85. The van der Waals surface area contributed by atoms with Crippen LogP contribution in [0.2, 0.25) is 0 Å². The quantitative estimate of drug-likeness (QED) is 0.519. The van der Waals surface area contributed by atoms with Crippen molar-refractivity contribution in [1.82, 2.24) is 0 Å². The van der Waals surface area contributed by atoms with Gasteiger partial charge in [-0.3, -0.25) is 0 Å². The van der Waals surface area contributed by atoms with E-state index in [0.717, 1.165) is 0 Å². The summed E-state index contributed by atoms with van der Waals surface area (Å²) < 4.78 is 16.8. The molecule has 0 unspecified atom stereocenters. The van der Waals surface area contributed by atoms with Crippen molar-refractivity contribution in [3.05, 3.63) is 16.8 Å². The minimum atomic E-state index is -1.25. The molecule has 0 aromatic rings. The number of nitrogens with two attached hydrogens (primary N) is 1. The summed E-state index contributed by atoms with van der Waals surface area (Å²) in [5.41, 5.74) is 5.15. The van der Waals surface area contributed by atoms with Crippen LogP contribution in [0.25, 0.3) is 0 Å². The summed E-state index contributed by atoms with van der Waals surface area (Å²) in [6.07, 6.45) is -2.06. The van der Waals surface area contributed by atoms with Gasteiger partial charge in [0.1, 0.15) is 24.3 Å². The highest BCUT2D eigenvalue weighted by Gasteiger charge is 2.46. The average molecular weight is 369 g/mol. The van der Waals surface area contributed by atoms with Gasteiger partial charge in [-0.1, -0.05) is 13.8 Å². The SMILES string of the molecule is CCOC(=O)C1=C(N)[C@H](OC(CC)CC)[C@H](O)[C@H](OC(C)(C)C)C1=C=O. The molecule has 1 aliphatic carbocycles. The van der Waals surface area contributed by atoms with Crippen molar-refractivity contribution >= 4 is 11.9 Å². The van der Waals surface area contributed by atoms with Crippen molar-refractivity contribution in [3.63, 3.8) is 0 Å². The van der Waals surface area contributed by atoms with Crippen molar-refractivity contribution < 1.29 is 28.9 Å². The zero-order valence-electron chi connectivity index (χ0n) is 16.5. The molecule has 148 valence electrons. The first-order chi connectivity index (χ1) is 12.1. The monoisotopic (exact) mass is 369 g/mol. The standard InChI is InChI=1S/C19H31NO6/c1-7-11(8-2)25-17-14(20)13(18(23)24-9-3)12(10-21)16(15(17)22)26-19(4,5)6/h11,15-17,22H,7-9,20H2,1-6H3/t15-,16-,17+/m1/s1. The van der Waals surface area contributed by atoms with Crippen LogP contribution in [0.5, 0.6) is 0 Å². The van der Waals surface area contributed by atoms with Gasteiger partial charge >= 0.3 is 5.97 Å². The molecule has 0 aromatic carbocycles. The molecular weight excluding hydrogens is 338 g/mol. The van der Waals surface area contributed by atoms with E-state index in [4.69, 9.17) is 19.9 Å². The van der Waals surface area contributed by atoms with Crippen molar-refractivity contribution in [2.75, 3.05) is 6.61 Å². The zero-order valence-corrected chi connectivity index (χ0v) is 16.5. The molecule has 0 bridgehead atoms. The van der Waals surface area contributed by atoms with Crippen LogP contribution in [0.15, 0.2) is 16.8 Å². The van der Waals surface area contributed by atoms with Crippen molar-refractivity contribution in [2.45, 2.75) is 84.4 Å². The van der Waals surface area contributed by atoms with E-state index in [-0.39, 0.29) is 29.6 Å². The summed E-state index contributed by atoms with van der Waals surface area (Å²) in [5, 5.41) is 10.8. The fraction of sp³-hybridized carbons (Fsp3) is 0.737. The Hall–Kier alpha value is -1.66. The molecule has 0 fully saturated rings. The van der Waals surface area contributed by atoms with Gasteiger partial charge in [-0.2, -0.15) is 0 Å². The summed E-state index contributed by atoms with van der Waals surface area (Å²) in [7, 11) is 0. The van der Waals surface area contributed by atoms with E-state index >= 15 is 0 Å². The smallest absolute Gasteiger partial charge is 0.341 e. The molecule has 0 aromatic heterocycles. The Morgan fingerprint density at radius 3 is 2.23 bits per heavy atom. The van der Waals surface area contributed by atoms with Crippen LogP contribution in [0.1, 0.15) is 54.4 Å². The molecular formula is C19H31NO6. The number of hydrogen-bond acceptors (Lipinski definition) is 7. The van der Waals surface area contributed by atoms with Gasteiger partial charge < -0.3 is 25.1 Å². The van der Waals surface area contributed by atoms with Gasteiger partial charge in [-0.25, -0.2) is 9.59 Å². The van der Waals surface area contributed by atoms with Crippen LogP contribution in [0.4, 0.5) is 0 Å². The molecule has 7 nitrogen and oxygen atoms in total. The highest BCUT2D eigenvalue weighted by Crippen LogP contribution is 2.34. The van der Waals surface area contributed by atoms with E-state index in [1.54, 1.807) is 33.6 Å². The number of aliphatic hydroxyl groups is 1. The Morgan fingerprint density at radius 1 is 1.23 bits per heavy atom. The predicted octanol–water partition coefficient (Wildman–Crippen LogP) is 1.65. The van der Waals surface area contributed by atoms with Crippen molar-refractivity contribution in [1.29, 1.82) is 0 Å². The normalized spacial score (nSPS) is 24.0. The lowest BCUT2D eigenvalue weighted by molar-refractivity contribution is -0.150. The molecule has 3 atom stereocenters. The molecule has 0 amide bonds. The second kappa shape index (κ2) is 9.33. The van der Waals surface area contributed by atoms with Crippen LogP contribution in [0.3, 0.4) is 0 Å². The third-order valence-electron chi connectivity index (χ3n) is 4.09. The van der Waals surface area contributed by atoms with Crippen LogP contribution >= 0.6 is 0 Å². The molecule has 1 rings (SSSR count). The maximum Gasteiger partial charge on any atom is 0.341 e. The number of carbonyl (C=O) groups is 1. The Labute approximate surface area is 155 Å². The molecule has 0 aliphatic heterocycles. The summed E-state index contributed by atoms with van der Waals surface area (Å²) in [4.78, 5) is 24.0. The largest absolute Gasteiger partial charge is 0.462 e. The van der Waals surface area contributed by atoms with Gasteiger partial charge in [-0.05, 0) is 40.5 Å². The van der Waals surface area contributed by atoms with Gasteiger partial charge in [0.05, 0.1) is 35.2 Å². The number of aliphatic hydroxyl groups excluding tert-OH is 1. The highest BCUT2D eigenvalue weighted by molar-refractivity contribution is 5.98. The third-order valence-corrected chi connectivity index (χ3v) is 4.09.